The quantitative estimate of drug-likeness (QED) is 0.735. The minimum absolute atomic E-state index is 0.355. The summed E-state index contributed by atoms with van der Waals surface area (Å²) in [6, 6.07) is 19.5. The number of carbonyl (C=O) groups is 2. The van der Waals surface area contributed by atoms with Crippen LogP contribution in [-0.4, -0.2) is 16.4 Å². The molecule has 0 bridgehead atoms. The van der Waals surface area contributed by atoms with E-state index in [0.717, 1.165) is 5.69 Å². The van der Waals surface area contributed by atoms with Gasteiger partial charge in [-0.05, 0) is 36.4 Å². The van der Waals surface area contributed by atoms with E-state index in [1.54, 1.807) is 48.5 Å². The summed E-state index contributed by atoms with van der Waals surface area (Å²) in [6.45, 7) is 0. The van der Waals surface area contributed by atoms with Crippen molar-refractivity contribution in [3.8, 4) is 5.69 Å². The Kier molecular flexibility index (Phi) is 4.43. The van der Waals surface area contributed by atoms with E-state index in [9.17, 15) is 9.59 Å². The van der Waals surface area contributed by atoms with Gasteiger partial charge in [0.2, 0.25) is 6.10 Å². The molecule has 120 valence electrons. The number of aromatic nitrogens is 1. The Hall–Kier alpha value is -3.34. The zero-order valence-corrected chi connectivity index (χ0v) is 12.8. The number of nitrogens with two attached hydrogens (primary N) is 1. The van der Waals surface area contributed by atoms with Crippen molar-refractivity contribution in [1.82, 2.24) is 4.57 Å². The fourth-order valence-electron chi connectivity index (χ4n) is 2.37. The van der Waals surface area contributed by atoms with Crippen molar-refractivity contribution in [2.24, 2.45) is 5.73 Å². The maximum absolute atomic E-state index is 12.3. The van der Waals surface area contributed by atoms with Gasteiger partial charge >= 0.3 is 5.97 Å². The van der Waals surface area contributed by atoms with Gasteiger partial charge in [-0.15, -0.1) is 0 Å². The largest absolute Gasteiger partial charge is 0.444 e. The monoisotopic (exact) mass is 320 g/mol. The number of primary amides is 1. The number of rotatable bonds is 5. The van der Waals surface area contributed by atoms with E-state index in [-0.39, 0.29) is 0 Å². The van der Waals surface area contributed by atoms with Crippen molar-refractivity contribution in [3.05, 3.63) is 90.3 Å². The van der Waals surface area contributed by atoms with E-state index < -0.39 is 18.0 Å². The van der Waals surface area contributed by atoms with Gasteiger partial charge in [0.1, 0.15) is 0 Å². The summed E-state index contributed by atoms with van der Waals surface area (Å²) >= 11 is 0. The first kappa shape index (κ1) is 15.6. The van der Waals surface area contributed by atoms with Crippen LogP contribution in [0.25, 0.3) is 5.69 Å². The minimum atomic E-state index is -1.11. The molecule has 0 aliphatic rings. The molecule has 0 spiro atoms. The minimum Gasteiger partial charge on any atom is -0.444 e. The first-order valence-corrected chi connectivity index (χ1v) is 7.44. The molecule has 5 nitrogen and oxygen atoms in total. The van der Waals surface area contributed by atoms with Crippen LogP contribution in [0.3, 0.4) is 0 Å². The molecule has 0 unspecified atom stereocenters. The third kappa shape index (κ3) is 3.35. The molecule has 0 radical (unpaired) electrons. The van der Waals surface area contributed by atoms with Gasteiger partial charge in [-0.3, -0.25) is 4.79 Å². The van der Waals surface area contributed by atoms with Gasteiger partial charge in [-0.1, -0.05) is 30.3 Å². The predicted molar refractivity (Wildman–Crippen MR) is 89.6 cm³/mol. The van der Waals surface area contributed by atoms with Crippen LogP contribution in [0.4, 0.5) is 0 Å². The zero-order valence-electron chi connectivity index (χ0n) is 12.8. The Morgan fingerprint density at radius 3 is 2.08 bits per heavy atom. The van der Waals surface area contributed by atoms with Crippen LogP contribution in [0.5, 0.6) is 0 Å². The molecule has 24 heavy (non-hydrogen) atoms. The summed E-state index contributed by atoms with van der Waals surface area (Å²) in [7, 11) is 0. The van der Waals surface area contributed by atoms with E-state index in [0.29, 0.717) is 11.1 Å². The van der Waals surface area contributed by atoms with Gasteiger partial charge in [-0.2, -0.15) is 0 Å². The lowest BCUT2D eigenvalue weighted by molar-refractivity contribution is -0.127. The molecule has 1 aromatic heterocycles. The third-order valence-electron chi connectivity index (χ3n) is 3.59. The van der Waals surface area contributed by atoms with Crippen LogP contribution in [-0.2, 0) is 9.53 Å². The average Bonchev–Trinajstić information content (AvgIpc) is 3.15. The Morgan fingerprint density at radius 2 is 1.50 bits per heavy atom. The van der Waals surface area contributed by atoms with Crippen LogP contribution in [0.2, 0.25) is 0 Å². The van der Waals surface area contributed by atoms with Gasteiger partial charge < -0.3 is 15.0 Å². The van der Waals surface area contributed by atoms with Crippen molar-refractivity contribution in [2.45, 2.75) is 6.10 Å². The number of benzene rings is 2. The molecule has 5 heteroatoms. The molecular weight excluding hydrogens is 304 g/mol. The first-order valence-electron chi connectivity index (χ1n) is 7.44. The lowest BCUT2D eigenvalue weighted by Gasteiger charge is -2.15. The molecule has 0 aliphatic carbocycles. The second-order valence-electron chi connectivity index (χ2n) is 5.24. The van der Waals surface area contributed by atoms with Gasteiger partial charge in [0.15, 0.2) is 0 Å². The summed E-state index contributed by atoms with van der Waals surface area (Å²) < 4.78 is 7.22. The zero-order chi connectivity index (χ0) is 16.9. The van der Waals surface area contributed by atoms with Crippen molar-refractivity contribution in [3.63, 3.8) is 0 Å². The van der Waals surface area contributed by atoms with Crippen LogP contribution in [0, 0.1) is 0 Å². The van der Waals surface area contributed by atoms with Crippen molar-refractivity contribution in [1.29, 1.82) is 0 Å². The fourth-order valence-corrected chi connectivity index (χ4v) is 2.37. The van der Waals surface area contributed by atoms with Crippen LogP contribution >= 0.6 is 0 Å². The van der Waals surface area contributed by atoms with Crippen molar-refractivity contribution < 1.29 is 14.3 Å². The Morgan fingerprint density at radius 1 is 0.875 bits per heavy atom. The van der Waals surface area contributed by atoms with Gasteiger partial charge in [0.25, 0.3) is 5.91 Å². The lowest BCUT2D eigenvalue weighted by atomic mass is 10.1. The van der Waals surface area contributed by atoms with E-state index in [1.807, 2.05) is 35.2 Å². The number of hydrogen-bond donors (Lipinski definition) is 1. The Balaban J connectivity index is 1.77. The summed E-state index contributed by atoms with van der Waals surface area (Å²) in [6.07, 6.45) is 2.71. The number of hydrogen-bond acceptors (Lipinski definition) is 3. The van der Waals surface area contributed by atoms with E-state index in [1.165, 1.54) is 0 Å². The molecule has 1 amide bonds. The molecular formula is C19H16N2O3. The highest BCUT2D eigenvalue weighted by Gasteiger charge is 2.23. The predicted octanol–water partition coefficient (Wildman–Crippen LogP) is 2.86. The standard InChI is InChI=1S/C19H16N2O3/c20-18(22)17(14-6-2-1-3-7-14)24-19(23)15-8-10-16(11-9-15)21-12-4-5-13-21/h1-13,17H,(H2,20,22)/t17-/m1/s1. The van der Waals surface area contributed by atoms with Gasteiger partial charge in [-0.25, -0.2) is 4.79 Å². The molecule has 1 heterocycles. The summed E-state index contributed by atoms with van der Waals surface area (Å²) in [5.41, 5.74) is 7.18. The van der Waals surface area contributed by atoms with Crippen molar-refractivity contribution in [2.75, 3.05) is 0 Å². The highest BCUT2D eigenvalue weighted by molar-refractivity contribution is 5.92. The van der Waals surface area contributed by atoms with E-state index >= 15 is 0 Å². The molecule has 2 aromatic carbocycles. The van der Waals surface area contributed by atoms with E-state index in [4.69, 9.17) is 10.5 Å². The Bertz CT molecular complexity index is 825. The SMILES string of the molecule is NC(=O)[C@H](OC(=O)c1ccc(-n2cccc2)cc1)c1ccccc1. The van der Waals surface area contributed by atoms with Crippen LogP contribution in [0.15, 0.2) is 79.1 Å². The number of amides is 1. The van der Waals surface area contributed by atoms with Gasteiger partial charge in [0, 0.05) is 23.6 Å². The Labute approximate surface area is 139 Å². The summed E-state index contributed by atoms with van der Waals surface area (Å²) in [4.78, 5) is 23.9. The molecule has 3 aromatic rings. The van der Waals surface area contributed by atoms with Gasteiger partial charge in [0.05, 0.1) is 5.56 Å². The number of carbonyl (C=O) groups excluding carboxylic acids is 2. The molecule has 0 aliphatic heterocycles. The summed E-state index contributed by atoms with van der Waals surface area (Å²) in [5.74, 6) is -1.31. The first-order chi connectivity index (χ1) is 11.6. The van der Waals surface area contributed by atoms with Crippen molar-refractivity contribution >= 4 is 11.9 Å². The second kappa shape index (κ2) is 6.83. The number of ether oxygens (including phenoxy) is 1. The fraction of sp³-hybridized carbons (Fsp3) is 0.0526. The third-order valence-corrected chi connectivity index (χ3v) is 3.59. The highest BCUT2D eigenvalue weighted by Crippen LogP contribution is 2.19. The maximum Gasteiger partial charge on any atom is 0.339 e. The second-order valence-corrected chi connectivity index (χ2v) is 5.24. The molecule has 2 N–H and O–H groups in total. The van der Waals surface area contributed by atoms with E-state index in [2.05, 4.69) is 0 Å². The molecule has 3 rings (SSSR count). The van der Waals surface area contributed by atoms with Crippen LogP contribution in [0.1, 0.15) is 22.0 Å². The molecule has 1 atom stereocenters. The summed E-state index contributed by atoms with van der Waals surface area (Å²) in [5, 5.41) is 0. The smallest absolute Gasteiger partial charge is 0.339 e. The molecule has 0 saturated carbocycles. The lowest BCUT2D eigenvalue weighted by Crippen LogP contribution is -2.26. The number of nitrogens with zero attached hydrogens (tertiary/aromatic N) is 1. The average molecular weight is 320 g/mol. The topological polar surface area (TPSA) is 74.3 Å². The molecule has 0 saturated heterocycles. The highest BCUT2D eigenvalue weighted by atomic mass is 16.5. The molecule has 0 fully saturated rings. The van der Waals surface area contributed by atoms with Crippen LogP contribution < -0.4 is 5.73 Å². The maximum atomic E-state index is 12.3. The normalized spacial score (nSPS) is 11.7. The number of esters is 1.